The fraction of sp³-hybridized carbons (Fsp3) is 0.714. The van der Waals surface area contributed by atoms with Gasteiger partial charge >= 0.3 is 23.9 Å². The average molecular weight is 348 g/mol. The summed E-state index contributed by atoms with van der Waals surface area (Å²) in [6.07, 6.45) is -6.79. The number of hydrogen-bond donors (Lipinski definition) is 1. The molecular formula is C14H20O10. The van der Waals surface area contributed by atoms with Crippen LogP contribution in [0.15, 0.2) is 0 Å². The predicted octanol–water partition coefficient (Wildman–Crippen LogP) is -0.938. The molecular weight excluding hydrogens is 328 g/mol. The molecule has 1 aliphatic rings. The molecule has 0 saturated carbocycles. The lowest BCUT2D eigenvalue weighted by Gasteiger charge is -2.42. The zero-order chi connectivity index (χ0) is 18.4. The van der Waals surface area contributed by atoms with Gasteiger partial charge in [-0.15, -0.1) is 0 Å². The van der Waals surface area contributed by atoms with Crippen molar-refractivity contribution >= 4 is 23.9 Å². The van der Waals surface area contributed by atoms with Crippen molar-refractivity contribution in [1.29, 1.82) is 0 Å². The van der Waals surface area contributed by atoms with Crippen LogP contribution in [-0.4, -0.2) is 66.3 Å². The van der Waals surface area contributed by atoms with E-state index < -0.39 is 54.6 Å². The van der Waals surface area contributed by atoms with Gasteiger partial charge in [-0.05, 0) is 0 Å². The van der Waals surface area contributed by atoms with Crippen LogP contribution in [0, 0.1) is 0 Å². The summed E-state index contributed by atoms with van der Waals surface area (Å²) in [6, 6.07) is 0. The maximum absolute atomic E-state index is 11.3. The standard InChI is InChI=1S/C14H20O10/c1-6(15)20-5-10-11(21-7(2)16)12(22-8(3)17)13(14(19)24-10)23-9(4)18/h10-14,19H,5H2,1-4H3/t10?,11-,12+,13-,14-/m1/s1. The van der Waals surface area contributed by atoms with Gasteiger partial charge in [-0.3, -0.25) is 19.2 Å². The summed E-state index contributed by atoms with van der Waals surface area (Å²) in [7, 11) is 0. The highest BCUT2D eigenvalue weighted by atomic mass is 16.7. The number of aliphatic hydroxyl groups excluding tert-OH is 1. The Kier molecular flexibility index (Phi) is 7.11. The van der Waals surface area contributed by atoms with Crippen molar-refractivity contribution in [3.63, 3.8) is 0 Å². The van der Waals surface area contributed by atoms with Gasteiger partial charge in [0.1, 0.15) is 12.7 Å². The van der Waals surface area contributed by atoms with Crippen LogP contribution in [0.1, 0.15) is 27.7 Å². The molecule has 0 aromatic heterocycles. The first-order chi connectivity index (χ1) is 11.1. The van der Waals surface area contributed by atoms with Gasteiger partial charge in [-0.1, -0.05) is 0 Å². The summed E-state index contributed by atoms with van der Waals surface area (Å²) in [4.78, 5) is 44.9. The van der Waals surface area contributed by atoms with E-state index in [9.17, 15) is 24.3 Å². The fourth-order valence-electron chi connectivity index (χ4n) is 2.21. The highest BCUT2D eigenvalue weighted by Crippen LogP contribution is 2.28. The summed E-state index contributed by atoms with van der Waals surface area (Å²) in [5.41, 5.74) is 0. The Labute approximate surface area is 137 Å². The van der Waals surface area contributed by atoms with E-state index in [1.807, 2.05) is 0 Å². The highest BCUT2D eigenvalue weighted by molar-refractivity contribution is 5.68. The first kappa shape index (κ1) is 19.8. The van der Waals surface area contributed by atoms with Crippen LogP contribution < -0.4 is 0 Å². The summed E-state index contributed by atoms with van der Waals surface area (Å²) >= 11 is 0. The number of esters is 4. The number of hydrogen-bond acceptors (Lipinski definition) is 10. The molecule has 1 unspecified atom stereocenters. The van der Waals surface area contributed by atoms with Gasteiger partial charge in [0.05, 0.1) is 0 Å². The molecule has 0 radical (unpaired) electrons. The summed E-state index contributed by atoms with van der Waals surface area (Å²) < 4.78 is 25.0. The minimum absolute atomic E-state index is 0.366. The molecule has 24 heavy (non-hydrogen) atoms. The third kappa shape index (κ3) is 5.78. The molecule has 0 amide bonds. The lowest BCUT2D eigenvalue weighted by atomic mass is 9.98. The predicted molar refractivity (Wildman–Crippen MR) is 74.2 cm³/mol. The molecule has 1 rings (SSSR count). The summed E-state index contributed by atoms with van der Waals surface area (Å²) in [5.74, 6) is -2.87. The van der Waals surface area contributed by atoms with Crippen LogP contribution >= 0.6 is 0 Å². The summed E-state index contributed by atoms with van der Waals surface area (Å²) in [5, 5.41) is 10.0. The van der Waals surface area contributed by atoms with Gasteiger partial charge in [-0.2, -0.15) is 0 Å². The van der Waals surface area contributed by atoms with E-state index in [0.29, 0.717) is 0 Å². The molecule has 1 N–H and O–H groups in total. The van der Waals surface area contributed by atoms with Gasteiger partial charge in [0.25, 0.3) is 0 Å². The number of ether oxygens (including phenoxy) is 5. The van der Waals surface area contributed by atoms with Gasteiger partial charge in [0.15, 0.2) is 24.6 Å². The van der Waals surface area contributed by atoms with E-state index >= 15 is 0 Å². The quantitative estimate of drug-likeness (QED) is 0.490. The van der Waals surface area contributed by atoms with Crippen LogP contribution in [0.4, 0.5) is 0 Å². The molecule has 1 saturated heterocycles. The largest absolute Gasteiger partial charge is 0.463 e. The molecule has 0 aromatic rings. The SMILES string of the molecule is CC(=O)OCC1O[C@@H](O)[C@H](OC(C)=O)[C@@H](OC(C)=O)[C@@H]1OC(C)=O. The first-order valence-electron chi connectivity index (χ1n) is 7.10. The lowest BCUT2D eigenvalue weighted by Crippen LogP contribution is -2.62. The molecule has 0 bridgehead atoms. The van der Waals surface area contributed by atoms with E-state index in [1.54, 1.807) is 0 Å². The van der Waals surface area contributed by atoms with Gasteiger partial charge in [-0.25, -0.2) is 0 Å². The van der Waals surface area contributed by atoms with Gasteiger partial charge < -0.3 is 28.8 Å². The Hall–Kier alpha value is -2.20. The first-order valence-corrected chi connectivity index (χ1v) is 7.10. The molecule has 136 valence electrons. The van der Waals surface area contributed by atoms with E-state index in [1.165, 1.54) is 0 Å². The topological polar surface area (TPSA) is 135 Å². The lowest BCUT2D eigenvalue weighted by molar-refractivity contribution is -0.296. The normalized spacial score (nSPS) is 29.3. The average Bonchev–Trinajstić information content (AvgIpc) is 2.42. The molecule has 5 atom stereocenters. The van der Waals surface area contributed by atoms with Crippen LogP contribution in [-0.2, 0) is 42.9 Å². The second kappa shape index (κ2) is 8.60. The monoisotopic (exact) mass is 348 g/mol. The van der Waals surface area contributed by atoms with Crippen molar-refractivity contribution in [2.45, 2.75) is 58.4 Å². The van der Waals surface area contributed by atoms with Crippen LogP contribution in [0.3, 0.4) is 0 Å². The third-order valence-corrected chi connectivity index (χ3v) is 2.97. The molecule has 1 heterocycles. The molecule has 1 fully saturated rings. The number of aliphatic hydroxyl groups is 1. The van der Waals surface area contributed by atoms with E-state index in [4.69, 9.17) is 23.7 Å². The van der Waals surface area contributed by atoms with Crippen LogP contribution in [0.5, 0.6) is 0 Å². The Morgan fingerprint density at radius 3 is 1.71 bits per heavy atom. The Morgan fingerprint density at radius 1 is 0.792 bits per heavy atom. The van der Waals surface area contributed by atoms with Gasteiger partial charge in [0, 0.05) is 27.7 Å². The van der Waals surface area contributed by atoms with E-state index in [0.717, 1.165) is 27.7 Å². The third-order valence-electron chi connectivity index (χ3n) is 2.97. The second-order valence-corrected chi connectivity index (χ2v) is 5.09. The maximum Gasteiger partial charge on any atom is 0.303 e. The van der Waals surface area contributed by atoms with Crippen molar-refractivity contribution in [2.75, 3.05) is 6.61 Å². The molecule has 1 aliphatic heterocycles. The summed E-state index contributed by atoms with van der Waals surface area (Å²) in [6.45, 7) is 4.09. The van der Waals surface area contributed by atoms with Crippen LogP contribution in [0.25, 0.3) is 0 Å². The number of carbonyl (C=O) groups is 4. The molecule has 10 heteroatoms. The molecule has 10 nitrogen and oxygen atoms in total. The number of rotatable bonds is 5. The highest BCUT2D eigenvalue weighted by Gasteiger charge is 2.51. The molecule has 0 aromatic carbocycles. The molecule has 0 aliphatic carbocycles. The Balaban J connectivity index is 3.11. The number of carbonyl (C=O) groups excluding carboxylic acids is 4. The Bertz CT molecular complexity index is 502. The Morgan fingerprint density at radius 2 is 1.25 bits per heavy atom. The smallest absolute Gasteiger partial charge is 0.303 e. The second-order valence-electron chi connectivity index (χ2n) is 5.09. The maximum atomic E-state index is 11.3. The van der Waals surface area contributed by atoms with Crippen LogP contribution in [0.2, 0.25) is 0 Å². The van der Waals surface area contributed by atoms with Crippen molar-refractivity contribution in [2.24, 2.45) is 0 Å². The zero-order valence-electron chi connectivity index (χ0n) is 13.7. The fourth-order valence-corrected chi connectivity index (χ4v) is 2.21. The zero-order valence-corrected chi connectivity index (χ0v) is 13.7. The minimum atomic E-state index is -1.68. The van der Waals surface area contributed by atoms with Gasteiger partial charge in [0.2, 0.25) is 0 Å². The minimum Gasteiger partial charge on any atom is -0.463 e. The van der Waals surface area contributed by atoms with Crippen molar-refractivity contribution in [3.8, 4) is 0 Å². The molecule has 0 spiro atoms. The van der Waals surface area contributed by atoms with Crippen molar-refractivity contribution < 1.29 is 48.0 Å². The van der Waals surface area contributed by atoms with E-state index in [-0.39, 0.29) is 6.61 Å². The van der Waals surface area contributed by atoms with E-state index in [2.05, 4.69) is 0 Å². The van der Waals surface area contributed by atoms with Crippen molar-refractivity contribution in [3.05, 3.63) is 0 Å². The van der Waals surface area contributed by atoms with Crippen molar-refractivity contribution in [1.82, 2.24) is 0 Å².